The van der Waals surface area contributed by atoms with Gasteiger partial charge in [0.05, 0.1) is 7.11 Å². The van der Waals surface area contributed by atoms with Gasteiger partial charge in [-0.05, 0) is 42.0 Å². The van der Waals surface area contributed by atoms with Crippen LogP contribution in [0.25, 0.3) is 0 Å². The zero-order chi connectivity index (χ0) is 10.7. The van der Waals surface area contributed by atoms with Crippen LogP contribution in [0, 0.1) is 6.92 Å². The van der Waals surface area contributed by atoms with Crippen molar-refractivity contribution in [1.29, 1.82) is 0 Å². The van der Waals surface area contributed by atoms with Crippen LogP contribution in [0.2, 0.25) is 0 Å². The third-order valence-corrected chi connectivity index (χ3v) is 2.69. The van der Waals surface area contributed by atoms with E-state index in [0.717, 1.165) is 12.2 Å². The van der Waals surface area contributed by atoms with Crippen molar-refractivity contribution in [2.45, 2.75) is 40.0 Å². The molecule has 0 aliphatic carbocycles. The molecule has 1 nitrogen and oxygen atoms in total. The zero-order valence-corrected chi connectivity index (χ0v) is 9.85. The van der Waals surface area contributed by atoms with Gasteiger partial charge in [-0.25, -0.2) is 0 Å². The van der Waals surface area contributed by atoms with Gasteiger partial charge in [0.25, 0.3) is 0 Å². The second-order valence-electron chi connectivity index (χ2n) is 4.03. The summed E-state index contributed by atoms with van der Waals surface area (Å²) in [6.45, 7) is 8.74. The largest absolute Gasteiger partial charge is 0.496 e. The summed E-state index contributed by atoms with van der Waals surface area (Å²) in [4.78, 5) is 0. The normalized spacial score (nSPS) is 10.7. The molecule has 0 heterocycles. The Morgan fingerprint density at radius 3 is 2.36 bits per heavy atom. The molecule has 0 saturated carbocycles. The van der Waals surface area contributed by atoms with Gasteiger partial charge in [0.2, 0.25) is 0 Å². The molecule has 0 amide bonds. The molecular formula is C13H20O. The van der Waals surface area contributed by atoms with Gasteiger partial charge in [-0.15, -0.1) is 0 Å². The summed E-state index contributed by atoms with van der Waals surface area (Å²) in [5.74, 6) is 1.55. The van der Waals surface area contributed by atoms with Crippen LogP contribution in [0.5, 0.6) is 5.75 Å². The minimum atomic E-state index is 0.524. The zero-order valence-electron chi connectivity index (χ0n) is 9.85. The first-order valence-corrected chi connectivity index (χ1v) is 5.27. The summed E-state index contributed by atoms with van der Waals surface area (Å²) in [6, 6.07) is 4.42. The number of rotatable bonds is 3. The molecule has 1 heteroatoms. The molecule has 0 radical (unpaired) electrons. The highest BCUT2D eigenvalue weighted by molar-refractivity contribution is 5.43. The lowest BCUT2D eigenvalue weighted by Gasteiger charge is -2.15. The second-order valence-corrected chi connectivity index (χ2v) is 4.03. The quantitative estimate of drug-likeness (QED) is 0.709. The number of ether oxygens (including phenoxy) is 1. The van der Waals surface area contributed by atoms with Crippen molar-refractivity contribution < 1.29 is 4.74 Å². The van der Waals surface area contributed by atoms with E-state index in [1.54, 1.807) is 7.11 Å². The average molecular weight is 192 g/mol. The number of hydrogen-bond acceptors (Lipinski definition) is 1. The molecule has 0 fully saturated rings. The van der Waals surface area contributed by atoms with Crippen molar-refractivity contribution >= 4 is 0 Å². The lowest BCUT2D eigenvalue weighted by Crippen LogP contribution is -1.98. The lowest BCUT2D eigenvalue weighted by atomic mass is 9.95. The van der Waals surface area contributed by atoms with E-state index < -0.39 is 0 Å². The van der Waals surface area contributed by atoms with Gasteiger partial charge < -0.3 is 4.74 Å². The molecule has 0 unspecified atom stereocenters. The summed E-state index contributed by atoms with van der Waals surface area (Å²) < 4.78 is 5.39. The monoisotopic (exact) mass is 192 g/mol. The summed E-state index contributed by atoms with van der Waals surface area (Å²) in [5.41, 5.74) is 4.07. The Morgan fingerprint density at radius 1 is 1.29 bits per heavy atom. The van der Waals surface area contributed by atoms with Gasteiger partial charge in [0, 0.05) is 0 Å². The Morgan fingerprint density at radius 2 is 1.93 bits per heavy atom. The fraction of sp³-hybridized carbons (Fsp3) is 0.538. The first kappa shape index (κ1) is 11.1. The summed E-state index contributed by atoms with van der Waals surface area (Å²) in [5, 5.41) is 0. The number of hydrogen-bond donors (Lipinski definition) is 0. The Hall–Kier alpha value is -0.980. The van der Waals surface area contributed by atoms with Crippen molar-refractivity contribution in [2.75, 3.05) is 7.11 Å². The molecule has 1 rings (SSSR count). The molecular weight excluding hydrogens is 172 g/mol. The van der Waals surface area contributed by atoms with Crippen LogP contribution in [0.3, 0.4) is 0 Å². The molecule has 1 aromatic rings. The third kappa shape index (κ3) is 2.09. The minimum Gasteiger partial charge on any atom is -0.496 e. The summed E-state index contributed by atoms with van der Waals surface area (Å²) in [7, 11) is 1.74. The first-order chi connectivity index (χ1) is 6.60. The van der Waals surface area contributed by atoms with E-state index in [2.05, 4.69) is 39.8 Å². The second kappa shape index (κ2) is 4.50. The van der Waals surface area contributed by atoms with Crippen LogP contribution in [0.4, 0.5) is 0 Å². The molecule has 0 aromatic heterocycles. The first-order valence-electron chi connectivity index (χ1n) is 5.27. The molecule has 0 saturated heterocycles. The van der Waals surface area contributed by atoms with Crippen molar-refractivity contribution in [3.8, 4) is 5.75 Å². The van der Waals surface area contributed by atoms with Gasteiger partial charge in [-0.1, -0.05) is 26.8 Å². The molecule has 0 aliphatic rings. The molecule has 14 heavy (non-hydrogen) atoms. The molecule has 0 aliphatic heterocycles. The van der Waals surface area contributed by atoms with Crippen molar-refractivity contribution in [3.05, 3.63) is 28.8 Å². The van der Waals surface area contributed by atoms with Crippen LogP contribution in [-0.4, -0.2) is 7.11 Å². The smallest absolute Gasteiger partial charge is 0.122 e. The molecule has 78 valence electrons. The molecule has 1 aromatic carbocycles. The van der Waals surface area contributed by atoms with E-state index in [-0.39, 0.29) is 0 Å². The SMILES string of the molecule is CCc1cc(C(C)C)c(OC)cc1C. The Labute approximate surface area is 87.1 Å². The predicted molar refractivity (Wildman–Crippen MR) is 61.2 cm³/mol. The minimum absolute atomic E-state index is 0.524. The average Bonchev–Trinajstić information content (AvgIpc) is 2.16. The molecule has 0 spiro atoms. The van der Waals surface area contributed by atoms with E-state index >= 15 is 0 Å². The highest BCUT2D eigenvalue weighted by Gasteiger charge is 2.09. The number of aryl methyl sites for hydroxylation is 2. The molecule has 0 N–H and O–H groups in total. The number of methoxy groups -OCH3 is 1. The maximum absolute atomic E-state index is 5.39. The summed E-state index contributed by atoms with van der Waals surface area (Å²) in [6.07, 6.45) is 1.09. The van der Waals surface area contributed by atoms with Crippen molar-refractivity contribution in [2.24, 2.45) is 0 Å². The van der Waals surface area contributed by atoms with Gasteiger partial charge >= 0.3 is 0 Å². The topological polar surface area (TPSA) is 9.23 Å². The van der Waals surface area contributed by atoms with Crippen molar-refractivity contribution in [3.63, 3.8) is 0 Å². The van der Waals surface area contributed by atoms with Gasteiger partial charge in [-0.2, -0.15) is 0 Å². The van der Waals surface area contributed by atoms with Crippen LogP contribution in [0.1, 0.15) is 43.4 Å². The standard InChI is InChI=1S/C13H20O/c1-6-11-8-12(9(2)3)13(14-5)7-10(11)4/h7-9H,6H2,1-5H3. The van der Waals surface area contributed by atoms with Crippen LogP contribution < -0.4 is 4.74 Å². The van der Waals surface area contributed by atoms with Crippen LogP contribution in [0.15, 0.2) is 12.1 Å². The maximum atomic E-state index is 5.39. The molecule has 0 atom stereocenters. The van der Waals surface area contributed by atoms with Gasteiger partial charge in [0.1, 0.15) is 5.75 Å². The molecule has 0 bridgehead atoms. The van der Waals surface area contributed by atoms with E-state index in [0.29, 0.717) is 5.92 Å². The van der Waals surface area contributed by atoms with Crippen molar-refractivity contribution in [1.82, 2.24) is 0 Å². The van der Waals surface area contributed by atoms with E-state index in [1.807, 2.05) is 0 Å². The lowest BCUT2D eigenvalue weighted by molar-refractivity contribution is 0.407. The van der Waals surface area contributed by atoms with E-state index in [4.69, 9.17) is 4.74 Å². The summed E-state index contributed by atoms with van der Waals surface area (Å²) >= 11 is 0. The highest BCUT2D eigenvalue weighted by atomic mass is 16.5. The third-order valence-electron chi connectivity index (χ3n) is 2.69. The van der Waals surface area contributed by atoms with Crippen LogP contribution >= 0.6 is 0 Å². The predicted octanol–water partition coefficient (Wildman–Crippen LogP) is 3.69. The Balaban J connectivity index is 3.25. The Kier molecular flexibility index (Phi) is 3.56. The van der Waals surface area contributed by atoms with Crippen LogP contribution in [-0.2, 0) is 6.42 Å². The van der Waals surface area contributed by atoms with Gasteiger partial charge in [-0.3, -0.25) is 0 Å². The number of benzene rings is 1. The van der Waals surface area contributed by atoms with E-state index in [1.165, 1.54) is 16.7 Å². The maximum Gasteiger partial charge on any atom is 0.122 e. The fourth-order valence-electron chi connectivity index (χ4n) is 1.75. The Bertz CT molecular complexity index is 313. The van der Waals surface area contributed by atoms with E-state index in [9.17, 15) is 0 Å². The highest BCUT2D eigenvalue weighted by Crippen LogP contribution is 2.29. The van der Waals surface area contributed by atoms with Gasteiger partial charge in [0.15, 0.2) is 0 Å². The fourth-order valence-corrected chi connectivity index (χ4v) is 1.75.